The van der Waals surface area contributed by atoms with Gasteiger partial charge in [0, 0.05) is 4.47 Å². The molecule has 0 bridgehead atoms. The number of aryl methyl sites for hydroxylation is 1. The van der Waals surface area contributed by atoms with Gasteiger partial charge < -0.3 is 5.11 Å². The van der Waals surface area contributed by atoms with E-state index in [0.717, 1.165) is 29.3 Å². The molecule has 1 N–H and O–H groups in total. The monoisotopic (exact) mass is 338 g/mol. The number of halogens is 2. The maximum atomic E-state index is 10.1. The topological polar surface area (TPSA) is 20.2 Å². The van der Waals surface area contributed by atoms with Crippen LogP contribution in [0, 0.1) is 0 Å². The predicted molar refractivity (Wildman–Crippen MR) is 83.5 cm³/mol. The molecule has 1 unspecified atom stereocenters. The fourth-order valence-electron chi connectivity index (χ4n) is 2.03. The zero-order chi connectivity index (χ0) is 13.7. The van der Waals surface area contributed by atoms with E-state index in [9.17, 15) is 5.11 Å². The fraction of sp³-hybridized carbons (Fsp3) is 0.250. The van der Waals surface area contributed by atoms with Gasteiger partial charge in [-0.3, -0.25) is 0 Å². The van der Waals surface area contributed by atoms with Gasteiger partial charge in [0.05, 0.1) is 11.1 Å². The summed E-state index contributed by atoms with van der Waals surface area (Å²) in [5.41, 5.74) is 2.19. The molecule has 0 aromatic heterocycles. The van der Waals surface area contributed by atoms with E-state index in [1.807, 2.05) is 36.4 Å². The molecule has 0 spiro atoms. The molecule has 2 aromatic rings. The lowest BCUT2D eigenvalue weighted by atomic mass is 10.0. The first-order valence-corrected chi connectivity index (χ1v) is 7.51. The van der Waals surface area contributed by atoms with Crippen molar-refractivity contribution in [2.75, 3.05) is 0 Å². The molecule has 0 aliphatic carbocycles. The second kappa shape index (κ2) is 7.09. The van der Waals surface area contributed by atoms with Crippen molar-refractivity contribution in [2.24, 2.45) is 0 Å². The molecule has 100 valence electrons. The molecule has 0 heterocycles. The predicted octanol–water partition coefficient (Wildman–Crippen LogP) is 5.16. The molecule has 0 saturated heterocycles. The average molecular weight is 340 g/mol. The Morgan fingerprint density at radius 1 is 1.11 bits per heavy atom. The maximum absolute atomic E-state index is 10.1. The number of hydrogen-bond acceptors (Lipinski definition) is 1. The largest absolute Gasteiger partial charge is 0.388 e. The van der Waals surface area contributed by atoms with E-state index < -0.39 is 6.10 Å². The summed E-state index contributed by atoms with van der Waals surface area (Å²) in [7, 11) is 0. The molecule has 0 amide bonds. The fourth-order valence-corrected chi connectivity index (χ4v) is 2.47. The van der Waals surface area contributed by atoms with Crippen LogP contribution in [0.5, 0.6) is 0 Å². The van der Waals surface area contributed by atoms with Crippen LogP contribution in [0.25, 0.3) is 0 Å². The first kappa shape index (κ1) is 14.6. The average Bonchev–Trinajstić information content (AvgIpc) is 2.43. The second-order valence-corrected chi connectivity index (χ2v) is 5.83. The summed E-state index contributed by atoms with van der Waals surface area (Å²) in [6, 6.07) is 15.9. The Morgan fingerprint density at radius 2 is 1.84 bits per heavy atom. The van der Waals surface area contributed by atoms with Crippen LogP contribution in [-0.2, 0) is 6.42 Å². The number of aliphatic hydroxyl groups excluding tert-OH is 1. The maximum Gasteiger partial charge on any atom is 0.0790 e. The third-order valence-corrected chi connectivity index (χ3v) is 4.35. The molecule has 0 fully saturated rings. The van der Waals surface area contributed by atoms with E-state index in [0.29, 0.717) is 5.02 Å². The van der Waals surface area contributed by atoms with Crippen LogP contribution in [0.15, 0.2) is 53.0 Å². The molecule has 0 saturated carbocycles. The van der Waals surface area contributed by atoms with Crippen LogP contribution in [0.3, 0.4) is 0 Å². The molecule has 1 nitrogen and oxygen atoms in total. The van der Waals surface area contributed by atoms with E-state index >= 15 is 0 Å². The van der Waals surface area contributed by atoms with Crippen molar-refractivity contribution in [3.05, 3.63) is 69.2 Å². The molecule has 0 aliphatic rings. The third-order valence-electron chi connectivity index (χ3n) is 3.11. The summed E-state index contributed by atoms with van der Waals surface area (Å²) >= 11 is 9.38. The first-order valence-electron chi connectivity index (χ1n) is 6.34. The summed E-state index contributed by atoms with van der Waals surface area (Å²) < 4.78 is 0.856. The smallest absolute Gasteiger partial charge is 0.0790 e. The number of aliphatic hydroxyl groups is 1. The molecule has 2 rings (SSSR count). The van der Waals surface area contributed by atoms with Gasteiger partial charge in [-0.1, -0.05) is 48.0 Å². The van der Waals surface area contributed by atoms with E-state index in [2.05, 4.69) is 28.1 Å². The van der Waals surface area contributed by atoms with Crippen molar-refractivity contribution in [3.63, 3.8) is 0 Å². The zero-order valence-corrected chi connectivity index (χ0v) is 12.9. The Hall–Kier alpha value is -0.830. The molecule has 2 aromatic carbocycles. The molecule has 0 radical (unpaired) electrons. The van der Waals surface area contributed by atoms with Crippen molar-refractivity contribution in [3.8, 4) is 0 Å². The molecular weight excluding hydrogens is 324 g/mol. The number of hydrogen-bond donors (Lipinski definition) is 1. The van der Waals surface area contributed by atoms with Crippen molar-refractivity contribution in [1.82, 2.24) is 0 Å². The normalized spacial score (nSPS) is 12.4. The van der Waals surface area contributed by atoms with Crippen molar-refractivity contribution in [1.29, 1.82) is 0 Å². The van der Waals surface area contributed by atoms with E-state index in [-0.39, 0.29) is 0 Å². The van der Waals surface area contributed by atoms with Gasteiger partial charge in [-0.25, -0.2) is 0 Å². The standard InChI is InChI=1S/C16H16BrClO/c17-14-10-9-13(11-15(14)18)16(19)8-4-7-12-5-2-1-3-6-12/h1-3,5-6,9-11,16,19H,4,7-8H2. The van der Waals surface area contributed by atoms with E-state index in [4.69, 9.17) is 11.6 Å². The molecule has 3 heteroatoms. The van der Waals surface area contributed by atoms with Crippen LogP contribution in [0.1, 0.15) is 30.1 Å². The minimum Gasteiger partial charge on any atom is -0.388 e. The Kier molecular flexibility index (Phi) is 5.44. The molecule has 19 heavy (non-hydrogen) atoms. The van der Waals surface area contributed by atoms with E-state index in [1.54, 1.807) is 0 Å². The van der Waals surface area contributed by atoms with Crippen LogP contribution in [0.4, 0.5) is 0 Å². The van der Waals surface area contributed by atoms with Gasteiger partial charge in [0.15, 0.2) is 0 Å². The van der Waals surface area contributed by atoms with Crippen LogP contribution >= 0.6 is 27.5 Å². The lowest BCUT2D eigenvalue weighted by molar-refractivity contribution is 0.164. The highest BCUT2D eigenvalue weighted by atomic mass is 79.9. The Labute approximate surface area is 127 Å². The van der Waals surface area contributed by atoms with Crippen LogP contribution < -0.4 is 0 Å². The first-order chi connectivity index (χ1) is 9.16. The summed E-state index contributed by atoms with van der Waals surface area (Å²) in [5.74, 6) is 0. The van der Waals surface area contributed by atoms with Gasteiger partial charge in [0.2, 0.25) is 0 Å². The van der Waals surface area contributed by atoms with Gasteiger partial charge in [-0.05, 0) is 58.5 Å². The lowest BCUT2D eigenvalue weighted by Crippen LogP contribution is -1.98. The summed E-state index contributed by atoms with van der Waals surface area (Å²) in [6.45, 7) is 0. The molecular formula is C16H16BrClO. The van der Waals surface area contributed by atoms with Crippen molar-refractivity contribution < 1.29 is 5.11 Å². The third kappa shape index (κ3) is 4.34. The van der Waals surface area contributed by atoms with Crippen molar-refractivity contribution >= 4 is 27.5 Å². The SMILES string of the molecule is OC(CCCc1ccccc1)c1ccc(Br)c(Cl)c1. The Balaban J connectivity index is 1.87. The van der Waals surface area contributed by atoms with Crippen LogP contribution in [0.2, 0.25) is 5.02 Å². The second-order valence-electron chi connectivity index (χ2n) is 4.57. The highest BCUT2D eigenvalue weighted by molar-refractivity contribution is 9.10. The van der Waals surface area contributed by atoms with E-state index in [1.165, 1.54) is 5.56 Å². The minimum absolute atomic E-state index is 0.450. The zero-order valence-electron chi connectivity index (χ0n) is 10.5. The summed E-state index contributed by atoms with van der Waals surface area (Å²) in [5, 5.41) is 10.8. The highest BCUT2D eigenvalue weighted by Gasteiger charge is 2.09. The van der Waals surface area contributed by atoms with Gasteiger partial charge >= 0.3 is 0 Å². The Morgan fingerprint density at radius 3 is 2.53 bits per heavy atom. The van der Waals surface area contributed by atoms with Crippen molar-refractivity contribution in [2.45, 2.75) is 25.4 Å². The summed E-state index contributed by atoms with van der Waals surface area (Å²) in [6.07, 6.45) is 2.24. The highest BCUT2D eigenvalue weighted by Crippen LogP contribution is 2.28. The lowest BCUT2D eigenvalue weighted by Gasteiger charge is -2.11. The number of benzene rings is 2. The van der Waals surface area contributed by atoms with Gasteiger partial charge in [0.25, 0.3) is 0 Å². The van der Waals surface area contributed by atoms with Gasteiger partial charge in [-0.15, -0.1) is 0 Å². The Bertz CT molecular complexity index is 528. The molecule has 0 aliphatic heterocycles. The quantitative estimate of drug-likeness (QED) is 0.798. The number of rotatable bonds is 5. The minimum atomic E-state index is -0.450. The van der Waals surface area contributed by atoms with Gasteiger partial charge in [-0.2, -0.15) is 0 Å². The van der Waals surface area contributed by atoms with Crippen LogP contribution in [-0.4, -0.2) is 5.11 Å². The summed E-state index contributed by atoms with van der Waals surface area (Å²) in [4.78, 5) is 0. The van der Waals surface area contributed by atoms with Gasteiger partial charge in [0.1, 0.15) is 0 Å². The molecule has 1 atom stereocenters.